The molecule has 0 bridgehead atoms. The molecule has 20 heavy (non-hydrogen) atoms. The first-order valence-corrected chi connectivity index (χ1v) is 6.26. The Balaban J connectivity index is 2.11. The first kappa shape index (κ1) is 13.7. The summed E-state index contributed by atoms with van der Waals surface area (Å²) >= 11 is 0. The average molecular weight is 267 g/mol. The number of esters is 1. The highest BCUT2D eigenvalue weighted by atomic mass is 16.5. The minimum atomic E-state index is -0.290. The van der Waals surface area contributed by atoms with Gasteiger partial charge in [0.25, 0.3) is 0 Å². The van der Waals surface area contributed by atoms with Crippen LogP contribution in [0.15, 0.2) is 36.7 Å². The van der Waals surface area contributed by atoms with Gasteiger partial charge in [-0.2, -0.15) is 5.26 Å². The van der Waals surface area contributed by atoms with Crippen molar-refractivity contribution >= 4 is 5.97 Å². The number of aromatic nitrogens is 2. The van der Waals surface area contributed by atoms with Gasteiger partial charge < -0.3 is 4.74 Å². The Labute approximate surface area is 116 Å². The zero-order chi connectivity index (χ0) is 14.4. The lowest BCUT2D eigenvalue weighted by Crippen LogP contribution is -2.07. The fourth-order valence-corrected chi connectivity index (χ4v) is 1.60. The molecule has 0 saturated carbocycles. The summed E-state index contributed by atoms with van der Waals surface area (Å²) < 4.78 is 5.08. The number of ether oxygens (including phenoxy) is 1. The van der Waals surface area contributed by atoms with Crippen LogP contribution in [-0.4, -0.2) is 15.9 Å². The normalized spacial score (nSPS) is 9.80. The van der Waals surface area contributed by atoms with E-state index in [0.29, 0.717) is 23.6 Å². The number of carbonyl (C=O) groups is 1. The summed E-state index contributed by atoms with van der Waals surface area (Å²) in [4.78, 5) is 19.6. The van der Waals surface area contributed by atoms with E-state index in [1.165, 1.54) is 12.4 Å². The lowest BCUT2D eigenvalue weighted by Gasteiger charge is -2.04. The van der Waals surface area contributed by atoms with Crippen molar-refractivity contribution in [3.8, 4) is 23.2 Å². The third-order valence-electron chi connectivity index (χ3n) is 2.59. The number of nitriles is 1. The Hall–Kier alpha value is -2.74. The lowest BCUT2D eigenvalue weighted by molar-refractivity contribution is -0.134. The maximum atomic E-state index is 11.3. The van der Waals surface area contributed by atoms with Crippen LogP contribution in [0.4, 0.5) is 0 Å². The van der Waals surface area contributed by atoms with E-state index in [1.54, 1.807) is 24.3 Å². The van der Waals surface area contributed by atoms with Crippen molar-refractivity contribution in [3.05, 3.63) is 42.2 Å². The van der Waals surface area contributed by atoms with Gasteiger partial charge in [-0.15, -0.1) is 0 Å². The van der Waals surface area contributed by atoms with E-state index in [1.807, 2.05) is 13.0 Å². The molecule has 1 aromatic carbocycles. The van der Waals surface area contributed by atoms with Crippen molar-refractivity contribution in [2.75, 3.05) is 0 Å². The van der Waals surface area contributed by atoms with Gasteiger partial charge in [-0.05, 0) is 30.7 Å². The van der Waals surface area contributed by atoms with Crippen LogP contribution in [0, 0.1) is 11.3 Å². The van der Waals surface area contributed by atoms with Crippen LogP contribution in [0.2, 0.25) is 0 Å². The maximum absolute atomic E-state index is 11.3. The number of carbonyl (C=O) groups excluding carboxylic acids is 1. The summed E-state index contributed by atoms with van der Waals surface area (Å²) in [6, 6.07) is 9.00. The second-order valence-electron chi connectivity index (χ2n) is 4.16. The second-order valence-corrected chi connectivity index (χ2v) is 4.16. The summed E-state index contributed by atoms with van der Waals surface area (Å²) in [6.07, 6.45) is 4.04. The van der Waals surface area contributed by atoms with Gasteiger partial charge in [-0.25, -0.2) is 9.97 Å². The van der Waals surface area contributed by atoms with Crippen molar-refractivity contribution in [1.29, 1.82) is 5.26 Å². The topological polar surface area (TPSA) is 75.9 Å². The van der Waals surface area contributed by atoms with Gasteiger partial charge in [0, 0.05) is 12.0 Å². The van der Waals surface area contributed by atoms with Gasteiger partial charge in [0.2, 0.25) is 0 Å². The molecular weight excluding hydrogens is 254 g/mol. The summed E-state index contributed by atoms with van der Waals surface area (Å²) in [5.74, 6) is 0.563. The SMILES string of the molecule is CCCC(=O)Oc1cnc(-c2ccc(C#N)cc2)nc1. The molecule has 0 fully saturated rings. The van der Waals surface area contributed by atoms with Gasteiger partial charge >= 0.3 is 5.97 Å². The fraction of sp³-hybridized carbons (Fsp3) is 0.200. The molecular formula is C15H13N3O2. The van der Waals surface area contributed by atoms with Crippen molar-refractivity contribution in [3.63, 3.8) is 0 Å². The molecule has 0 spiro atoms. The number of nitrogens with zero attached hydrogens (tertiary/aromatic N) is 3. The molecule has 0 radical (unpaired) electrons. The fourth-order valence-electron chi connectivity index (χ4n) is 1.60. The smallest absolute Gasteiger partial charge is 0.311 e. The third kappa shape index (κ3) is 3.39. The monoisotopic (exact) mass is 267 g/mol. The predicted molar refractivity (Wildman–Crippen MR) is 72.7 cm³/mol. The molecule has 100 valence electrons. The first-order valence-electron chi connectivity index (χ1n) is 6.26. The molecule has 0 aliphatic carbocycles. The summed E-state index contributed by atoms with van der Waals surface area (Å²) in [5, 5.41) is 8.73. The minimum Gasteiger partial charge on any atom is -0.423 e. The highest BCUT2D eigenvalue weighted by Gasteiger charge is 2.06. The molecule has 0 aliphatic rings. The van der Waals surface area contributed by atoms with Gasteiger partial charge in [-0.3, -0.25) is 4.79 Å². The van der Waals surface area contributed by atoms with E-state index in [9.17, 15) is 4.79 Å². The van der Waals surface area contributed by atoms with Crippen LogP contribution in [-0.2, 0) is 4.79 Å². The summed E-state index contributed by atoms with van der Waals surface area (Å²) in [7, 11) is 0. The van der Waals surface area contributed by atoms with Gasteiger partial charge in [0.05, 0.1) is 24.0 Å². The van der Waals surface area contributed by atoms with Crippen LogP contribution in [0.25, 0.3) is 11.4 Å². The standard InChI is InChI=1S/C15H13N3O2/c1-2-3-14(19)20-13-9-17-15(18-10-13)12-6-4-11(8-16)5-7-12/h4-7,9-10H,2-3H2,1H3. The van der Waals surface area contributed by atoms with E-state index in [4.69, 9.17) is 10.00 Å². The molecule has 0 amide bonds. The number of hydrogen-bond acceptors (Lipinski definition) is 5. The Morgan fingerprint density at radius 3 is 2.45 bits per heavy atom. The molecule has 0 N–H and O–H groups in total. The number of hydrogen-bond donors (Lipinski definition) is 0. The molecule has 5 heteroatoms. The summed E-state index contributed by atoms with van der Waals surface area (Å²) in [6.45, 7) is 1.91. The quantitative estimate of drug-likeness (QED) is 0.796. The van der Waals surface area contributed by atoms with Crippen LogP contribution in [0.5, 0.6) is 5.75 Å². The maximum Gasteiger partial charge on any atom is 0.311 e. The van der Waals surface area contributed by atoms with Crippen molar-refractivity contribution in [2.45, 2.75) is 19.8 Å². The van der Waals surface area contributed by atoms with Crippen LogP contribution in [0.1, 0.15) is 25.3 Å². The molecule has 2 aromatic rings. The van der Waals surface area contributed by atoms with Crippen LogP contribution >= 0.6 is 0 Å². The predicted octanol–water partition coefficient (Wildman–Crippen LogP) is 2.72. The minimum absolute atomic E-state index is 0.290. The summed E-state index contributed by atoms with van der Waals surface area (Å²) in [5.41, 5.74) is 1.38. The van der Waals surface area contributed by atoms with Crippen molar-refractivity contribution < 1.29 is 9.53 Å². The van der Waals surface area contributed by atoms with Gasteiger partial charge in [0.15, 0.2) is 11.6 Å². The molecule has 0 atom stereocenters. The van der Waals surface area contributed by atoms with E-state index < -0.39 is 0 Å². The Bertz CT molecular complexity index is 628. The largest absolute Gasteiger partial charge is 0.423 e. The van der Waals surface area contributed by atoms with E-state index >= 15 is 0 Å². The second kappa shape index (κ2) is 6.43. The first-order chi connectivity index (χ1) is 9.72. The molecule has 0 saturated heterocycles. The van der Waals surface area contributed by atoms with Crippen molar-refractivity contribution in [1.82, 2.24) is 9.97 Å². The zero-order valence-corrected chi connectivity index (χ0v) is 11.0. The van der Waals surface area contributed by atoms with Gasteiger partial charge in [0.1, 0.15) is 0 Å². The van der Waals surface area contributed by atoms with Crippen LogP contribution in [0.3, 0.4) is 0 Å². The number of benzene rings is 1. The molecule has 1 aromatic heterocycles. The van der Waals surface area contributed by atoms with Crippen molar-refractivity contribution in [2.24, 2.45) is 0 Å². The molecule has 5 nitrogen and oxygen atoms in total. The molecule has 0 unspecified atom stereocenters. The van der Waals surface area contributed by atoms with E-state index in [0.717, 1.165) is 12.0 Å². The zero-order valence-electron chi connectivity index (χ0n) is 11.0. The van der Waals surface area contributed by atoms with E-state index in [-0.39, 0.29) is 5.97 Å². The lowest BCUT2D eigenvalue weighted by atomic mass is 10.1. The average Bonchev–Trinajstić information content (AvgIpc) is 2.48. The third-order valence-corrected chi connectivity index (χ3v) is 2.59. The Morgan fingerprint density at radius 1 is 1.25 bits per heavy atom. The Morgan fingerprint density at radius 2 is 1.90 bits per heavy atom. The molecule has 1 heterocycles. The van der Waals surface area contributed by atoms with E-state index in [2.05, 4.69) is 9.97 Å². The molecule has 0 aliphatic heterocycles. The Kier molecular flexibility index (Phi) is 4.40. The van der Waals surface area contributed by atoms with Gasteiger partial charge in [-0.1, -0.05) is 6.92 Å². The highest BCUT2D eigenvalue weighted by Crippen LogP contribution is 2.17. The highest BCUT2D eigenvalue weighted by molar-refractivity contribution is 5.72. The number of rotatable bonds is 4. The molecule has 2 rings (SSSR count). The van der Waals surface area contributed by atoms with Crippen LogP contribution < -0.4 is 4.74 Å².